The van der Waals surface area contributed by atoms with Crippen LogP contribution in [0.4, 0.5) is 0 Å². The number of hydrogen-bond acceptors (Lipinski definition) is 5. The summed E-state index contributed by atoms with van der Waals surface area (Å²) < 4.78 is 11.0. The molecule has 0 aliphatic rings. The fourth-order valence-electron chi connectivity index (χ4n) is 2.97. The first-order valence-corrected chi connectivity index (χ1v) is 9.86. The second kappa shape index (κ2) is 10.6. The van der Waals surface area contributed by atoms with E-state index in [1.54, 1.807) is 0 Å². The molecule has 1 heterocycles. The van der Waals surface area contributed by atoms with Gasteiger partial charge in [-0.15, -0.1) is 0 Å². The van der Waals surface area contributed by atoms with Crippen LogP contribution in [0.15, 0.2) is 82.2 Å². The van der Waals surface area contributed by atoms with Crippen molar-refractivity contribution >= 4 is 0 Å². The molecule has 0 spiro atoms. The molecule has 0 saturated carbocycles. The summed E-state index contributed by atoms with van der Waals surface area (Å²) in [6.07, 6.45) is 2.29. The van der Waals surface area contributed by atoms with Crippen LogP contribution < -0.4 is 15.5 Å². The van der Waals surface area contributed by atoms with Gasteiger partial charge in [-0.25, -0.2) is 0 Å². The van der Waals surface area contributed by atoms with E-state index >= 15 is 0 Å². The van der Waals surface area contributed by atoms with Crippen molar-refractivity contribution in [2.45, 2.75) is 38.5 Å². The van der Waals surface area contributed by atoms with Crippen molar-refractivity contribution in [3.05, 3.63) is 100 Å². The van der Waals surface area contributed by atoms with Crippen molar-refractivity contribution in [3.8, 4) is 5.75 Å². The molecule has 2 aromatic carbocycles. The quantitative estimate of drug-likeness (QED) is 0.547. The summed E-state index contributed by atoms with van der Waals surface area (Å²) in [6.45, 7) is 2.67. The Labute approximate surface area is 171 Å². The first-order chi connectivity index (χ1) is 14.1. The lowest BCUT2D eigenvalue weighted by atomic mass is 10.1. The molecule has 2 atom stereocenters. The van der Waals surface area contributed by atoms with Crippen LogP contribution in [-0.4, -0.2) is 17.7 Å². The van der Waals surface area contributed by atoms with Gasteiger partial charge in [0.25, 0.3) is 0 Å². The predicted molar refractivity (Wildman–Crippen MR) is 113 cm³/mol. The maximum atomic E-state index is 12.2. The molecular weight excluding hydrogens is 366 g/mol. The predicted octanol–water partition coefficient (Wildman–Crippen LogP) is 3.86. The summed E-state index contributed by atoms with van der Waals surface area (Å²) >= 11 is 0. The Kier molecular flexibility index (Phi) is 7.61. The van der Waals surface area contributed by atoms with E-state index in [-0.39, 0.29) is 29.6 Å². The Morgan fingerprint density at radius 1 is 1.03 bits per heavy atom. The Bertz CT molecular complexity index is 924. The highest BCUT2D eigenvalue weighted by molar-refractivity contribution is 5.20. The van der Waals surface area contributed by atoms with Gasteiger partial charge in [0.2, 0.25) is 11.2 Å². The summed E-state index contributed by atoms with van der Waals surface area (Å²) in [5, 5.41) is 13.6. The van der Waals surface area contributed by atoms with Gasteiger partial charge in [-0.3, -0.25) is 4.79 Å². The molecule has 3 rings (SSSR count). The molecule has 0 bridgehead atoms. The normalized spacial score (nSPS) is 13.0. The summed E-state index contributed by atoms with van der Waals surface area (Å²) in [7, 11) is 0. The molecule has 0 saturated heterocycles. The topological polar surface area (TPSA) is 71.7 Å². The Hall–Kier alpha value is -2.89. The molecule has 0 radical (unpaired) electrons. The number of nitrogens with one attached hydrogen (secondary N) is 1. The maximum absolute atomic E-state index is 12.2. The lowest BCUT2D eigenvalue weighted by Crippen LogP contribution is -2.31. The standard InChI is InChI=1S/C24H27NO4/c1-18(12-13-19-8-4-2-5-9-19)25-15-22(27)23-14-21(26)24(17-29-23)28-16-20-10-6-3-7-11-20/h2-11,14,17-18,22,25,27H,12-13,15-16H2,1H3. The smallest absolute Gasteiger partial charge is 0.227 e. The minimum Gasteiger partial charge on any atom is -0.482 e. The van der Waals surface area contributed by atoms with Gasteiger partial charge in [0, 0.05) is 18.7 Å². The zero-order valence-electron chi connectivity index (χ0n) is 16.6. The van der Waals surface area contributed by atoms with Gasteiger partial charge in [0.15, 0.2) is 0 Å². The second-order valence-electron chi connectivity index (χ2n) is 7.13. The van der Waals surface area contributed by atoms with Crippen LogP contribution in [-0.2, 0) is 13.0 Å². The molecule has 1 aromatic heterocycles. The number of ether oxygens (including phenoxy) is 1. The number of rotatable bonds is 10. The van der Waals surface area contributed by atoms with Crippen LogP contribution in [0.5, 0.6) is 5.75 Å². The number of aliphatic hydroxyl groups is 1. The van der Waals surface area contributed by atoms with E-state index in [0.717, 1.165) is 18.4 Å². The van der Waals surface area contributed by atoms with Gasteiger partial charge in [0.05, 0.1) is 0 Å². The fourth-order valence-corrected chi connectivity index (χ4v) is 2.97. The SMILES string of the molecule is CC(CCc1ccccc1)NCC(O)c1cc(=O)c(OCc2ccccc2)co1. The van der Waals surface area contributed by atoms with E-state index in [1.807, 2.05) is 48.5 Å². The van der Waals surface area contributed by atoms with Crippen molar-refractivity contribution in [2.24, 2.45) is 0 Å². The first kappa shape index (κ1) is 20.8. The summed E-state index contributed by atoms with van der Waals surface area (Å²) in [6, 6.07) is 21.4. The van der Waals surface area contributed by atoms with E-state index < -0.39 is 6.10 Å². The number of benzene rings is 2. The van der Waals surface area contributed by atoms with Crippen molar-refractivity contribution in [1.29, 1.82) is 0 Å². The molecule has 5 nitrogen and oxygen atoms in total. The van der Waals surface area contributed by atoms with Gasteiger partial charge in [-0.05, 0) is 30.9 Å². The van der Waals surface area contributed by atoms with Crippen molar-refractivity contribution in [2.75, 3.05) is 6.54 Å². The molecule has 29 heavy (non-hydrogen) atoms. The van der Waals surface area contributed by atoms with Crippen LogP contribution >= 0.6 is 0 Å². The van der Waals surface area contributed by atoms with E-state index in [1.165, 1.54) is 17.9 Å². The van der Waals surface area contributed by atoms with Gasteiger partial charge < -0.3 is 19.6 Å². The van der Waals surface area contributed by atoms with Gasteiger partial charge >= 0.3 is 0 Å². The molecule has 0 amide bonds. The molecule has 3 aromatic rings. The lowest BCUT2D eigenvalue weighted by molar-refractivity contribution is 0.139. The molecule has 0 aliphatic carbocycles. The zero-order chi connectivity index (χ0) is 20.5. The second-order valence-corrected chi connectivity index (χ2v) is 7.13. The van der Waals surface area contributed by atoms with Crippen LogP contribution in [0.3, 0.4) is 0 Å². The van der Waals surface area contributed by atoms with E-state index in [4.69, 9.17) is 9.15 Å². The van der Waals surface area contributed by atoms with E-state index in [0.29, 0.717) is 6.54 Å². The van der Waals surface area contributed by atoms with Gasteiger partial charge in [-0.1, -0.05) is 60.7 Å². The fraction of sp³-hybridized carbons (Fsp3) is 0.292. The number of aryl methyl sites for hydroxylation is 1. The zero-order valence-corrected chi connectivity index (χ0v) is 16.6. The lowest BCUT2D eigenvalue weighted by Gasteiger charge is -2.17. The minimum atomic E-state index is -0.898. The average Bonchev–Trinajstić information content (AvgIpc) is 2.76. The largest absolute Gasteiger partial charge is 0.482 e. The minimum absolute atomic E-state index is 0.133. The molecule has 2 N–H and O–H groups in total. The summed E-state index contributed by atoms with van der Waals surface area (Å²) in [5.41, 5.74) is 1.95. The van der Waals surface area contributed by atoms with E-state index in [9.17, 15) is 9.90 Å². The van der Waals surface area contributed by atoms with E-state index in [2.05, 4.69) is 24.4 Å². The molecule has 2 unspecified atom stereocenters. The maximum Gasteiger partial charge on any atom is 0.227 e. The summed E-state index contributed by atoms with van der Waals surface area (Å²) in [5.74, 6) is 0.360. The number of aliphatic hydroxyl groups excluding tert-OH is 1. The Morgan fingerprint density at radius 3 is 2.34 bits per heavy atom. The molecule has 0 aliphatic heterocycles. The summed E-state index contributed by atoms with van der Waals surface area (Å²) in [4.78, 5) is 12.2. The Balaban J connectivity index is 1.47. The van der Waals surface area contributed by atoms with Crippen LogP contribution in [0, 0.1) is 0 Å². The van der Waals surface area contributed by atoms with Crippen molar-refractivity contribution in [1.82, 2.24) is 5.32 Å². The Morgan fingerprint density at radius 2 is 1.69 bits per heavy atom. The van der Waals surface area contributed by atoms with Gasteiger partial charge in [0.1, 0.15) is 24.7 Å². The third-order valence-corrected chi connectivity index (χ3v) is 4.75. The molecule has 152 valence electrons. The highest BCUT2D eigenvalue weighted by Gasteiger charge is 2.14. The highest BCUT2D eigenvalue weighted by atomic mass is 16.5. The third kappa shape index (κ3) is 6.59. The van der Waals surface area contributed by atoms with Crippen LogP contribution in [0.25, 0.3) is 0 Å². The molecule has 0 fully saturated rings. The van der Waals surface area contributed by atoms with Crippen LogP contribution in [0.1, 0.15) is 36.3 Å². The molecular formula is C24H27NO4. The van der Waals surface area contributed by atoms with Crippen LogP contribution in [0.2, 0.25) is 0 Å². The van der Waals surface area contributed by atoms with Crippen molar-refractivity contribution in [3.63, 3.8) is 0 Å². The van der Waals surface area contributed by atoms with Gasteiger partial charge in [-0.2, -0.15) is 0 Å². The third-order valence-electron chi connectivity index (χ3n) is 4.75. The first-order valence-electron chi connectivity index (χ1n) is 9.86. The molecule has 5 heteroatoms. The monoisotopic (exact) mass is 393 g/mol. The highest BCUT2D eigenvalue weighted by Crippen LogP contribution is 2.15. The van der Waals surface area contributed by atoms with Crippen molar-refractivity contribution < 1.29 is 14.3 Å². The number of hydrogen-bond donors (Lipinski definition) is 2. The average molecular weight is 393 g/mol.